The van der Waals surface area contributed by atoms with E-state index < -0.39 is 11.6 Å². The van der Waals surface area contributed by atoms with Crippen molar-refractivity contribution in [1.82, 2.24) is 9.97 Å². The van der Waals surface area contributed by atoms with Crippen LogP contribution in [0.4, 0.5) is 26.0 Å². The van der Waals surface area contributed by atoms with Gasteiger partial charge in [-0.3, -0.25) is 10.7 Å². The first kappa shape index (κ1) is 14.2. The highest BCUT2D eigenvalue weighted by Crippen LogP contribution is 2.29. The monoisotopic (exact) mass is 302 g/mol. The maximum Gasteiger partial charge on any atom is 0.150 e. The molecule has 0 atom stereocenters. The number of nitrogens with zero attached hydrogens (tertiary/aromatic N) is 2. The number of anilines is 3. The highest BCUT2D eigenvalue weighted by atomic mass is 19.1. The van der Waals surface area contributed by atoms with Gasteiger partial charge < -0.3 is 5.32 Å². The van der Waals surface area contributed by atoms with Gasteiger partial charge in [-0.15, -0.1) is 0 Å². The van der Waals surface area contributed by atoms with E-state index in [1.54, 1.807) is 30.6 Å². The summed E-state index contributed by atoms with van der Waals surface area (Å²) in [6.07, 6.45) is 1.25. The predicted molar refractivity (Wildman–Crippen MR) is 79.3 cm³/mol. The third kappa shape index (κ3) is 2.42. The summed E-state index contributed by atoms with van der Waals surface area (Å²) in [7, 11) is 0. The standard InChI is InChI=1S/C15H12F2N4O/c1-8-3-2-4-11(14(8)17)20-15-9-5-13(21-22)10(16)6-12(9)18-7-19-15/h2-7,21-22H,1H3,(H,18,19,20). The van der Waals surface area contributed by atoms with Crippen LogP contribution in [0.3, 0.4) is 0 Å². The third-order valence-corrected chi connectivity index (χ3v) is 3.29. The Morgan fingerprint density at radius 2 is 1.91 bits per heavy atom. The molecule has 22 heavy (non-hydrogen) atoms. The van der Waals surface area contributed by atoms with Crippen LogP contribution in [-0.4, -0.2) is 15.2 Å². The second-order valence-electron chi connectivity index (χ2n) is 4.74. The summed E-state index contributed by atoms with van der Waals surface area (Å²) >= 11 is 0. The second kappa shape index (κ2) is 5.53. The molecular weight excluding hydrogens is 290 g/mol. The van der Waals surface area contributed by atoms with E-state index in [4.69, 9.17) is 5.21 Å². The van der Waals surface area contributed by atoms with E-state index in [1.165, 1.54) is 12.4 Å². The fraction of sp³-hybridized carbons (Fsp3) is 0.0667. The number of fused-ring (bicyclic) bond motifs is 1. The second-order valence-corrected chi connectivity index (χ2v) is 4.74. The molecule has 0 aliphatic rings. The van der Waals surface area contributed by atoms with Crippen LogP contribution < -0.4 is 10.8 Å². The lowest BCUT2D eigenvalue weighted by atomic mass is 10.1. The summed E-state index contributed by atoms with van der Waals surface area (Å²) in [5.41, 5.74) is 2.73. The highest BCUT2D eigenvalue weighted by Gasteiger charge is 2.11. The SMILES string of the molecule is Cc1cccc(Nc2ncnc3cc(F)c(NO)cc23)c1F. The van der Waals surface area contributed by atoms with Gasteiger partial charge in [0.2, 0.25) is 0 Å². The Morgan fingerprint density at radius 1 is 1.09 bits per heavy atom. The molecule has 7 heteroatoms. The van der Waals surface area contributed by atoms with Crippen molar-refractivity contribution in [3.05, 3.63) is 53.9 Å². The molecule has 3 N–H and O–H groups in total. The molecule has 0 amide bonds. The molecule has 3 aromatic rings. The molecule has 0 saturated heterocycles. The van der Waals surface area contributed by atoms with Crippen molar-refractivity contribution in [2.45, 2.75) is 6.92 Å². The molecule has 0 fully saturated rings. The van der Waals surface area contributed by atoms with Gasteiger partial charge in [-0.2, -0.15) is 0 Å². The predicted octanol–water partition coefficient (Wildman–Crippen LogP) is 3.76. The molecule has 0 radical (unpaired) electrons. The molecule has 0 bridgehead atoms. The fourth-order valence-electron chi connectivity index (χ4n) is 2.13. The number of hydrogen-bond acceptors (Lipinski definition) is 5. The van der Waals surface area contributed by atoms with E-state index in [0.717, 1.165) is 6.07 Å². The summed E-state index contributed by atoms with van der Waals surface area (Å²) in [5.74, 6) is -0.732. The first-order valence-electron chi connectivity index (χ1n) is 6.46. The van der Waals surface area contributed by atoms with E-state index in [2.05, 4.69) is 15.3 Å². The van der Waals surface area contributed by atoms with E-state index in [9.17, 15) is 8.78 Å². The normalized spacial score (nSPS) is 10.7. The van der Waals surface area contributed by atoms with Gasteiger partial charge in [-0.25, -0.2) is 18.7 Å². The van der Waals surface area contributed by atoms with Gasteiger partial charge in [-0.05, 0) is 24.6 Å². The molecule has 112 valence electrons. The van der Waals surface area contributed by atoms with Gasteiger partial charge in [0.25, 0.3) is 0 Å². The lowest BCUT2D eigenvalue weighted by Crippen LogP contribution is -2.01. The van der Waals surface area contributed by atoms with Crippen LogP contribution in [0.2, 0.25) is 0 Å². The van der Waals surface area contributed by atoms with E-state index >= 15 is 0 Å². The van der Waals surface area contributed by atoms with Crippen molar-refractivity contribution in [3.8, 4) is 0 Å². The Bertz CT molecular complexity index is 854. The van der Waals surface area contributed by atoms with E-state index in [-0.39, 0.29) is 11.4 Å². The Morgan fingerprint density at radius 3 is 2.68 bits per heavy atom. The van der Waals surface area contributed by atoms with Crippen molar-refractivity contribution in [2.75, 3.05) is 10.8 Å². The van der Waals surface area contributed by atoms with Crippen LogP contribution in [0.5, 0.6) is 0 Å². The molecule has 5 nitrogen and oxygen atoms in total. The van der Waals surface area contributed by atoms with Crippen molar-refractivity contribution >= 4 is 28.1 Å². The molecule has 0 aliphatic carbocycles. The number of benzene rings is 2. The minimum Gasteiger partial charge on any atom is -0.337 e. The van der Waals surface area contributed by atoms with Gasteiger partial charge in [0.05, 0.1) is 16.9 Å². The zero-order valence-electron chi connectivity index (χ0n) is 11.6. The number of aromatic nitrogens is 2. The van der Waals surface area contributed by atoms with Gasteiger partial charge >= 0.3 is 0 Å². The maximum absolute atomic E-state index is 14.1. The highest BCUT2D eigenvalue weighted by molar-refractivity contribution is 5.93. The zero-order valence-corrected chi connectivity index (χ0v) is 11.6. The van der Waals surface area contributed by atoms with Crippen molar-refractivity contribution in [1.29, 1.82) is 0 Å². The van der Waals surface area contributed by atoms with Crippen LogP contribution >= 0.6 is 0 Å². The van der Waals surface area contributed by atoms with Crippen LogP contribution in [0, 0.1) is 18.6 Å². The number of nitrogens with one attached hydrogen (secondary N) is 2. The van der Waals surface area contributed by atoms with Crippen molar-refractivity contribution in [2.24, 2.45) is 0 Å². The van der Waals surface area contributed by atoms with Crippen molar-refractivity contribution in [3.63, 3.8) is 0 Å². The van der Waals surface area contributed by atoms with Crippen LogP contribution in [0.1, 0.15) is 5.56 Å². The first-order valence-corrected chi connectivity index (χ1v) is 6.46. The Hall–Kier alpha value is -2.80. The molecule has 0 spiro atoms. The maximum atomic E-state index is 14.1. The van der Waals surface area contributed by atoms with E-state index in [0.29, 0.717) is 22.3 Å². The molecule has 2 aromatic carbocycles. The van der Waals surface area contributed by atoms with Crippen LogP contribution in [0.15, 0.2) is 36.7 Å². The summed E-state index contributed by atoms with van der Waals surface area (Å²) in [6.45, 7) is 1.65. The van der Waals surface area contributed by atoms with Crippen LogP contribution in [0.25, 0.3) is 10.9 Å². The Kier molecular flexibility index (Phi) is 3.56. The van der Waals surface area contributed by atoms with Gasteiger partial charge in [0.15, 0.2) is 5.82 Å². The number of aryl methyl sites for hydroxylation is 1. The molecule has 0 unspecified atom stereocenters. The average molecular weight is 302 g/mol. The molecule has 0 aliphatic heterocycles. The zero-order chi connectivity index (χ0) is 15.7. The molecule has 3 rings (SSSR count). The lowest BCUT2D eigenvalue weighted by molar-refractivity contribution is 0.384. The van der Waals surface area contributed by atoms with Crippen LogP contribution in [-0.2, 0) is 0 Å². The summed E-state index contributed by atoms with van der Waals surface area (Å²) in [4.78, 5) is 8.02. The molecule has 1 aromatic heterocycles. The van der Waals surface area contributed by atoms with Crippen molar-refractivity contribution < 1.29 is 14.0 Å². The summed E-state index contributed by atoms with van der Waals surface area (Å²) in [6, 6.07) is 7.45. The molecule has 0 saturated carbocycles. The number of rotatable bonds is 3. The van der Waals surface area contributed by atoms with E-state index in [1.807, 2.05) is 0 Å². The summed E-state index contributed by atoms with van der Waals surface area (Å²) < 4.78 is 27.7. The Labute approximate surface area is 124 Å². The average Bonchev–Trinajstić information content (AvgIpc) is 2.51. The smallest absolute Gasteiger partial charge is 0.150 e. The lowest BCUT2D eigenvalue weighted by Gasteiger charge is -2.11. The minimum absolute atomic E-state index is 0.116. The fourth-order valence-corrected chi connectivity index (χ4v) is 2.13. The van der Waals surface area contributed by atoms with Gasteiger partial charge in [0, 0.05) is 11.5 Å². The topological polar surface area (TPSA) is 70.1 Å². The summed E-state index contributed by atoms with van der Waals surface area (Å²) in [5, 5.41) is 12.2. The quantitative estimate of drug-likeness (QED) is 0.643. The number of halogens is 2. The third-order valence-electron chi connectivity index (χ3n) is 3.29. The largest absolute Gasteiger partial charge is 0.337 e. The Balaban J connectivity index is 2.12. The number of hydrogen-bond donors (Lipinski definition) is 3. The van der Waals surface area contributed by atoms with Gasteiger partial charge in [0.1, 0.15) is 18.0 Å². The first-order chi connectivity index (χ1) is 10.6. The minimum atomic E-state index is -0.651. The molecule has 1 heterocycles. The van der Waals surface area contributed by atoms with Gasteiger partial charge in [-0.1, -0.05) is 12.1 Å². The molecular formula is C15H12F2N4O.